The number of anilines is 1. The molecule has 0 amide bonds. The van der Waals surface area contributed by atoms with E-state index in [1.807, 2.05) is 6.20 Å². The van der Waals surface area contributed by atoms with E-state index < -0.39 is 0 Å². The van der Waals surface area contributed by atoms with E-state index in [0.717, 1.165) is 23.1 Å². The SMILES string of the molecule is CCC1CCC(N(C)c2cnc(C(C)C)nc2CO)CC1. The fraction of sp³-hybridized carbons (Fsp3) is 0.765. The number of aliphatic hydroxyl groups excluding tert-OH is 1. The van der Waals surface area contributed by atoms with Crippen LogP contribution in [0.25, 0.3) is 0 Å². The number of nitrogens with zero attached hydrogens (tertiary/aromatic N) is 3. The van der Waals surface area contributed by atoms with Gasteiger partial charge in [-0.05, 0) is 31.6 Å². The molecule has 0 spiro atoms. The fourth-order valence-electron chi connectivity index (χ4n) is 3.25. The van der Waals surface area contributed by atoms with Gasteiger partial charge in [-0.3, -0.25) is 0 Å². The molecular formula is C17H29N3O. The molecule has 0 atom stereocenters. The number of rotatable bonds is 5. The van der Waals surface area contributed by atoms with Crippen LogP contribution in [0.5, 0.6) is 0 Å². The van der Waals surface area contributed by atoms with Crippen molar-refractivity contribution >= 4 is 5.69 Å². The van der Waals surface area contributed by atoms with E-state index in [0.29, 0.717) is 6.04 Å². The maximum Gasteiger partial charge on any atom is 0.131 e. The van der Waals surface area contributed by atoms with Crippen LogP contribution in [-0.4, -0.2) is 28.2 Å². The summed E-state index contributed by atoms with van der Waals surface area (Å²) < 4.78 is 0. The van der Waals surface area contributed by atoms with Gasteiger partial charge in [-0.2, -0.15) is 0 Å². The summed E-state index contributed by atoms with van der Waals surface area (Å²) in [5.41, 5.74) is 1.75. The predicted octanol–water partition coefficient (Wildman–Crippen LogP) is 3.50. The maximum atomic E-state index is 9.64. The van der Waals surface area contributed by atoms with Gasteiger partial charge in [0.25, 0.3) is 0 Å². The minimum absolute atomic E-state index is 0.0216. The highest BCUT2D eigenvalue weighted by atomic mass is 16.3. The Hall–Kier alpha value is -1.16. The van der Waals surface area contributed by atoms with E-state index in [-0.39, 0.29) is 12.5 Å². The van der Waals surface area contributed by atoms with Crippen LogP contribution in [-0.2, 0) is 6.61 Å². The van der Waals surface area contributed by atoms with Gasteiger partial charge >= 0.3 is 0 Å². The lowest BCUT2D eigenvalue weighted by molar-refractivity contribution is 0.274. The molecule has 0 saturated heterocycles. The van der Waals surface area contributed by atoms with Gasteiger partial charge in [-0.25, -0.2) is 9.97 Å². The Morgan fingerprint density at radius 2 is 1.95 bits per heavy atom. The zero-order valence-electron chi connectivity index (χ0n) is 13.8. The Morgan fingerprint density at radius 1 is 1.29 bits per heavy atom. The molecule has 1 aliphatic carbocycles. The molecule has 1 fully saturated rings. The number of aromatic nitrogens is 2. The minimum Gasteiger partial charge on any atom is -0.390 e. The second kappa shape index (κ2) is 7.21. The monoisotopic (exact) mass is 291 g/mol. The van der Waals surface area contributed by atoms with Gasteiger partial charge in [0, 0.05) is 19.0 Å². The molecule has 1 aliphatic rings. The van der Waals surface area contributed by atoms with Crippen molar-refractivity contribution in [1.29, 1.82) is 0 Å². The summed E-state index contributed by atoms with van der Waals surface area (Å²) >= 11 is 0. The molecule has 1 heterocycles. The molecular weight excluding hydrogens is 262 g/mol. The second-order valence-corrected chi connectivity index (χ2v) is 6.57. The van der Waals surface area contributed by atoms with Crippen LogP contribution in [0.15, 0.2) is 6.20 Å². The summed E-state index contributed by atoms with van der Waals surface area (Å²) in [6.45, 7) is 6.42. The van der Waals surface area contributed by atoms with Gasteiger partial charge in [0.05, 0.1) is 24.2 Å². The largest absolute Gasteiger partial charge is 0.390 e. The van der Waals surface area contributed by atoms with Crippen LogP contribution in [0.2, 0.25) is 0 Å². The van der Waals surface area contributed by atoms with E-state index >= 15 is 0 Å². The first-order valence-corrected chi connectivity index (χ1v) is 8.26. The third kappa shape index (κ3) is 3.73. The molecule has 0 radical (unpaired) electrons. The maximum absolute atomic E-state index is 9.64. The molecule has 0 unspecified atom stereocenters. The topological polar surface area (TPSA) is 49.2 Å². The molecule has 1 saturated carbocycles. The molecule has 4 nitrogen and oxygen atoms in total. The first-order valence-electron chi connectivity index (χ1n) is 8.26. The van der Waals surface area contributed by atoms with Crippen molar-refractivity contribution in [2.24, 2.45) is 5.92 Å². The van der Waals surface area contributed by atoms with E-state index in [1.165, 1.54) is 32.1 Å². The third-order valence-electron chi connectivity index (χ3n) is 4.85. The third-order valence-corrected chi connectivity index (χ3v) is 4.85. The van der Waals surface area contributed by atoms with Crippen molar-refractivity contribution in [3.63, 3.8) is 0 Å². The van der Waals surface area contributed by atoms with Crippen molar-refractivity contribution in [3.05, 3.63) is 17.7 Å². The van der Waals surface area contributed by atoms with Crippen LogP contribution < -0.4 is 4.90 Å². The van der Waals surface area contributed by atoms with Crippen molar-refractivity contribution in [1.82, 2.24) is 9.97 Å². The van der Waals surface area contributed by atoms with Gasteiger partial charge in [0.1, 0.15) is 5.82 Å². The number of hydrogen-bond donors (Lipinski definition) is 1. The molecule has 1 N–H and O–H groups in total. The molecule has 0 aromatic carbocycles. The van der Waals surface area contributed by atoms with Crippen molar-refractivity contribution in [2.75, 3.05) is 11.9 Å². The summed E-state index contributed by atoms with van der Waals surface area (Å²) in [6, 6.07) is 0.548. The average Bonchev–Trinajstić information content (AvgIpc) is 2.53. The van der Waals surface area contributed by atoms with Gasteiger partial charge in [-0.1, -0.05) is 27.2 Å². The van der Waals surface area contributed by atoms with Crippen LogP contribution in [0.4, 0.5) is 5.69 Å². The second-order valence-electron chi connectivity index (χ2n) is 6.57. The highest BCUT2D eigenvalue weighted by molar-refractivity contribution is 5.49. The first-order chi connectivity index (χ1) is 10.1. The normalized spacial score (nSPS) is 22.6. The summed E-state index contributed by atoms with van der Waals surface area (Å²) in [5, 5.41) is 9.64. The Kier molecular flexibility index (Phi) is 5.57. The minimum atomic E-state index is -0.0216. The molecule has 4 heteroatoms. The van der Waals surface area contributed by atoms with Crippen LogP contribution in [0, 0.1) is 5.92 Å². The lowest BCUT2D eigenvalue weighted by Crippen LogP contribution is -2.36. The predicted molar refractivity (Wildman–Crippen MR) is 86.5 cm³/mol. The van der Waals surface area contributed by atoms with Crippen molar-refractivity contribution < 1.29 is 5.11 Å². The molecule has 1 aromatic heterocycles. The molecule has 1 aromatic rings. The summed E-state index contributed by atoms with van der Waals surface area (Å²) in [6.07, 6.45) is 8.26. The Balaban J connectivity index is 2.13. The zero-order chi connectivity index (χ0) is 15.4. The van der Waals surface area contributed by atoms with Gasteiger partial charge < -0.3 is 10.0 Å². The molecule has 118 valence electrons. The fourth-order valence-corrected chi connectivity index (χ4v) is 3.25. The Labute approximate surface area is 128 Å². The first kappa shape index (κ1) is 16.2. The van der Waals surface area contributed by atoms with Crippen LogP contribution in [0.3, 0.4) is 0 Å². The molecule has 21 heavy (non-hydrogen) atoms. The smallest absolute Gasteiger partial charge is 0.131 e. The van der Waals surface area contributed by atoms with E-state index in [4.69, 9.17) is 0 Å². The lowest BCUT2D eigenvalue weighted by Gasteiger charge is -2.36. The van der Waals surface area contributed by atoms with Gasteiger partial charge in [0.15, 0.2) is 0 Å². The van der Waals surface area contributed by atoms with Crippen LogP contribution >= 0.6 is 0 Å². The number of aliphatic hydroxyl groups is 1. The standard InChI is InChI=1S/C17H29N3O/c1-5-13-6-8-14(9-7-13)20(4)16-10-18-17(12(2)3)19-15(16)11-21/h10,12-14,21H,5-9,11H2,1-4H3. The van der Waals surface area contributed by atoms with E-state index in [2.05, 4.69) is 42.7 Å². The molecule has 2 rings (SSSR count). The van der Waals surface area contributed by atoms with Crippen molar-refractivity contribution in [3.8, 4) is 0 Å². The summed E-state index contributed by atoms with van der Waals surface area (Å²) in [4.78, 5) is 11.3. The Morgan fingerprint density at radius 3 is 2.48 bits per heavy atom. The quantitative estimate of drug-likeness (QED) is 0.902. The van der Waals surface area contributed by atoms with E-state index in [1.54, 1.807) is 0 Å². The van der Waals surface area contributed by atoms with Gasteiger partial charge in [-0.15, -0.1) is 0 Å². The molecule has 0 aliphatic heterocycles. The highest BCUT2D eigenvalue weighted by Crippen LogP contribution is 2.32. The summed E-state index contributed by atoms with van der Waals surface area (Å²) in [7, 11) is 2.11. The van der Waals surface area contributed by atoms with Gasteiger partial charge in [0.2, 0.25) is 0 Å². The summed E-state index contributed by atoms with van der Waals surface area (Å²) in [5.74, 6) is 1.99. The Bertz CT molecular complexity index is 453. The van der Waals surface area contributed by atoms with Crippen molar-refractivity contribution in [2.45, 2.75) is 71.4 Å². The molecule has 0 bridgehead atoms. The van der Waals surface area contributed by atoms with E-state index in [9.17, 15) is 5.11 Å². The zero-order valence-corrected chi connectivity index (χ0v) is 13.8. The van der Waals surface area contributed by atoms with Crippen LogP contribution in [0.1, 0.15) is 70.3 Å². The average molecular weight is 291 g/mol. The lowest BCUT2D eigenvalue weighted by atomic mass is 9.84. The highest BCUT2D eigenvalue weighted by Gasteiger charge is 2.25. The number of hydrogen-bond acceptors (Lipinski definition) is 4.